The molecular weight excluding hydrogens is 373 g/mol. The number of aromatic nitrogens is 1. The van der Waals surface area contributed by atoms with Crippen LogP contribution in [-0.4, -0.2) is 29.9 Å². The Morgan fingerprint density at radius 3 is 2.57 bits per heavy atom. The number of amides is 2. The molecule has 6 nitrogen and oxygen atoms in total. The van der Waals surface area contributed by atoms with Crippen LogP contribution in [0.1, 0.15) is 71.7 Å². The van der Waals surface area contributed by atoms with E-state index in [9.17, 15) is 9.59 Å². The van der Waals surface area contributed by atoms with E-state index >= 15 is 0 Å². The fourth-order valence-electron chi connectivity index (χ4n) is 3.59. The van der Waals surface area contributed by atoms with Crippen molar-refractivity contribution in [3.05, 3.63) is 47.3 Å². The molecule has 7 heteroatoms. The molecule has 0 bridgehead atoms. The third-order valence-corrected chi connectivity index (χ3v) is 5.68. The number of nitrogens with one attached hydrogen (secondary N) is 3. The average molecular weight is 401 g/mol. The Balaban J connectivity index is 1.80. The van der Waals surface area contributed by atoms with E-state index < -0.39 is 0 Å². The maximum absolute atomic E-state index is 12.7. The highest BCUT2D eigenvalue weighted by molar-refractivity contribution is 7.27. The summed E-state index contributed by atoms with van der Waals surface area (Å²) in [4.78, 5) is 27.9. The smallest absolute Gasteiger partial charge is 0.271 e. The van der Waals surface area contributed by atoms with E-state index in [2.05, 4.69) is 24.9 Å². The lowest BCUT2D eigenvalue weighted by atomic mass is 9.95. The maximum atomic E-state index is 12.7. The quantitative estimate of drug-likeness (QED) is 0.651. The minimum Gasteiger partial charge on any atom is -0.484 e. The molecule has 150 valence electrons. The first-order valence-electron chi connectivity index (χ1n) is 9.76. The van der Waals surface area contributed by atoms with Crippen LogP contribution in [0.2, 0.25) is 0 Å². The second kappa shape index (κ2) is 9.24. The van der Waals surface area contributed by atoms with Crippen molar-refractivity contribution in [2.75, 3.05) is 7.05 Å². The monoisotopic (exact) mass is 401 g/mol. The van der Waals surface area contributed by atoms with Crippen molar-refractivity contribution < 1.29 is 14.3 Å². The number of rotatable bonds is 6. The Labute approximate surface area is 168 Å². The van der Waals surface area contributed by atoms with Crippen molar-refractivity contribution in [2.24, 2.45) is 0 Å². The lowest BCUT2D eigenvalue weighted by Crippen LogP contribution is -2.36. The van der Waals surface area contributed by atoms with Crippen molar-refractivity contribution in [1.82, 2.24) is 15.6 Å². The van der Waals surface area contributed by atoms with E-state index in [0.29, 0.717) is 11.4 Å². The molecule has 1 saturated carbocycles. The van der Waals surface area contributed by atoms with Crippen LogP contribution in [0.15, 0.2) is 30.3 Å². The van der Waals surface area contributed by atoms with Gasteiger partial charge in [0, 0.05) is 19.2 Å². The number of carbonyl (C=O) groups is 2. The molecule has 0 radical (unpaired) electrons. The SMILES string of the molecule is CNC(=O)c1[nH]c(C(=O)NC2CCCCC2)cc1OC(C)c1ccccc1P. The van der Waals surface area contributed by atoms with Crippen molar-refractivity contribution in [1.29, 1.82) is 0 Å². The lowest BCUT2D eigenvalue weighted by Gasteiger charge is -2.22. The molecule has 3 rings (SSSR count). The summed E-state index contributed by atoms with van der Waals surface area (Å²) in [7, 11) is 4.24. The molecule has 2 aromatic rings. The third kappa shape index (κ3) is 4.74. The van der Waals surface area contributed by atoms with Gasteiger partial charge in [-0.1, -0.05) is 43.5 Å². The number of benzene rings is 1. The zero-order valence-electron chi connectivity index (χ0n) is 16.4. The standard InChI is InChI=1S/C21H28N3O3P/c1-13(15-10-6-7-11-18(15)28)27-17-12-16(24-19(17)21(26)22-2)20(25)23-14-8-4-3-5-9-14/h6-7,10-14,24H,3-5,8-9,28H2,1-2H3,(H,22,26)(H,23,25). The summed E-state index contributed by atoms with van der Waals surface area (Å²) in [6, 6.07) is 9.68. The predicted octanol–water partition coefficient (Wildman–Crippen LogP) is 3.08. The molecule has 28 heavy (non-hydrogen) atoms. The summed E-state index contributed by atoms with van der Waals surface area (Å²) in [5.74, 6) is -0.155. The van der Waals surface area contributed by atoms with Gasteiger partial charge in [-0.2, -0.15) is 0 Å². The van der Waals surface area contributed by atoms with E-state index in [1.807, 2.05) is 31.2 Å². The molecule has 1 aromatic heterocycles. The van der Waals surface area contributed by atoms with Crippen molar-refractivity contribution >= 4 is 26.4 Å². The van der Waals surface area contributed by atoms with Crippen LogP contribution in [0.25, 0.3) is 0 Å². The van der Waals surface area contributed by atoms with E-state index in [1.165, 1.54) is 6.42 Å². The van der Waals surface area contributed by atoms with Crippen LogP contribution in [-0.2, 0) is 0 Å². The summed E-state index contributed by atoms with van der Waals surface area (Å²) >= 11 is 0. The van der Waals surface area contributed by atoms with E-state index in [4.69, 9.17) is 4.74 Å². The number of H-pyrrole nitrogens is 1. The van der Waals surface area contributed by atoms with Crippen LogP contribution >= 0.6 is 9.24 Å². The van der Waals surface area contributed by atoms with Gasteiger partial charge < -0.3 is 20.4 Å². The first-order chi connectivity index (χ1) is 13.5. The average Bonchev–Trinajstić information content (AvgIpc) is 3.12. The molecule has 3 N–H and O–H groups in total. The molecule has 0 saturated heterocycles. The van der Waals surface area contributed by atoms with Crippen LogP contribution in [0, 0.1) is 0 Å². The number of carbonyl (C=O) groups excluding carboxylic acids is 2. The fourth-order valence-corrected chi connectivity index (χ4v) is 4.03. The van der Waals surface area contributed by atoms with E-state index in [0.717, 1.165) is 36.6 Å². The van der Waals surface area contributed by atoms with Gasteiger partial charge in [-0.15, -0.1) is 9.24 Å². The molecule has 0 aliphatic heterocycles. The maximum Gasteiger partial charge on any atom is 0.271 e. The molecular formula is C21H28N3O3P. The van der Waals surface area contributed by atoms with Gasteiger partial charge in [-0.3, -0.25) is 9.59 Å². The molecule has 1 aliphatic rings. The molecule has 2 unspecified atom stereocenters. The summed E-state index contributed by atoms with van der Waals surface area (Å²) in [5.41, 5.74) is 1.60. The summed E-state index contributed by atoms with van der Waals surface area (Å²) in [5, 5.41) is 6.69. The minimum atomic E-state index is -0.321. The summed E-state index contributed by atoms with van der Waals surface area (Å²) in [6.07, 6.45) is 5.23. The van der Waals surface area contributed by atoms with Gasteiger partial charge in [0.25, 0.3) is 11.8 Å². The first-order valence-corrected chi connectivity index (χ1v) is 10.3. The predicted molar refractivity (Wildman–Crippen MR) is 113 cm³/mol. The minimum absolute atomic E-state index is 0.195. The van der Waals surface area contributed by atoms with Crippen molar-refractivity contribution in [2.45, 2.75) is 51.2 Å². The Morgan fingerprint density at radius 1 is 1.18 bits per heavy atom. The molecule has 0 spiro atoms. The summed E-state index contributed by atoms with van der Waals surface area (Å²) in [6.45, 7) is 1.92. The zero-order chi connectivity index (χ0) is 20.1. The highest BCUT2D eigenvalue weighted by atomic mass is 31.0. The Morgan fingerprint density at radius 2 is 1.89 bits per heavy atom. The lowest BCUT2D eigenvalue weighted by molar-refractivity contribution is 0.0923. The normalized spacial score (nSPS) is 15.7. The number of ether oxygens (including phenoxy) is 1. The molecule has 1 aromatic carbocycles. The molecule has 1 fully saturated rings. The Kier molecular flexibility index (Phi) is 6.74. The highest BCUT2D eigenvalue weighted by Gasteiger charge is 2.23. The first kappa shape index (κ1) is 20.4. The number of aromatic amines is 1. The van der Waals surface area contributed by atoms with Crippen molar-refractivity contribution in [3.8, 4) is 5.75 Å². The Bertz CT molecular complexity index is 843. The fraction of sp³-hybridized carbons (Fsp3) is 0.429. The van der Waals surface area contributed by atoms with Crippen LogP contribution in [0.5, 0.6) is 5.75 Å². The number of hydrogen-bond donors (Lipinski definition) is 3. The van der Waals surface area contributed by atoms with E-state index in [-0.39, 0.29) is 29.7 Å². The molecule has 1 aliphatic carbocycles. The van der Waals surface area contributed by atoms with Crippen LogP contribution in [0.3, 0.4) is 0 Å². The van der Waals surface area contributed by atoms with Gasteiger partial charge in [0.15, 0.2) is 5.75 Å². The molecule has 2 amide bonds. The third-order valence-electron chi connectivity index (χ3n) is 5.16. The second-order valence-corrected chi connectivity index (χ2v) is 7.82. The largest absolute Gasteiger partial charge is 0.484 e. The van der Waals surface area contributed by atoms with Gasteiger partial charge in [-0.05, 0) is 30.6 Å². The van der Waals surface area contributed by atoms with Crippen LogP contribution in [0.4, 0.5) is 0 Å². The van der Waals surface area contributed by atoms with Gasteiger partial charge in [0.05, 0.1) is 0 Å². The van der Waals surface area contributed by atoms with Crippen LogP contribution < -0.4 is 20.7 Å². The molecule has 1 heterocycles. The van der Waals surface area contributed by atoms with E-state index in [1.54, 1.807) is 13.1 Å². The molecule has 2 atom stereocenters. The van der Waals surface area contributed by atoms with Gasteiger partial charge in [0.2, 0.25) is 0 Å². The summed E-state index contributed by atoms with van der Waals surface area (Å²) < 4.78 is 6.07. The zero-order valence-corrected chi connectivity index (χ0v) is 17.5. The number of hydrogen-bond acceptors (Lipinski definition) is 3. The second-order valence-electron chi connectivity index (χ2n) is 7.20. The highest BCUT2D eigenvalue weighted by Crippen LogP contribution is 2.27. The Hall–Kier alpha value is -2.33. The van der Waals surface area contributed by atoms with Gasteiger partial charge >= 0.3 is 0 Å². The van der Waals surface area contributed by atoms with Gasteiger partial charge in [0.1, 0.15) is 17.5 Å². The van der Waals surface area contributed by atoms with Crippen molar-refractivity contribution in [3.63, 3.8) is 0 Å². The topological polar surface area (TPSA) is 83.2 Å². The van der Waals surface area contributed by atoms with Gasteiger partial charge in [-0.25, -0.2) is 0 Å².